The Balaban J connectivity index is 1.36. The molecule has 9 nitrogen and oxygen atoms in total. The standard InChI is InChI=1S/C32H27N3O6S2/c1-3-41-31(39)20-12-14-22(15-13-20)35-28(37)25-24(19-9-5-4-6-10-19)27-30(42-26(25)29(35)38)34(32(40)43-27)17-23(36)33-21-11-7-8-18(2)16-21/h4-16,24-26H,3,17H2,1-2H3,(H,33,36). The third-order valence-corrected chi connectivity index (χ3v) is 10.1. The van der Waals surface area contributed by atoms with Gasteiger partial charge in [0.25, 0.3) is 0 Å². The van der Waals surface area contributed by atoms with Crippen molar-refractivity contribution < 1.29 is 23.9 Å². The van der Waals surface area contributed by atoms with Gasteiger partial charge in [0.05, 0.1) is 28.8 Å². The lowest BCUT2D eigenvalue weighted by Crippen LogP contribution is -2.33. The van der Waals surface area contributed by atoms with Crippen LogP contribution < -0.4 is 15.1 Å². The molecular formula is C32H27N3O6S2. The number of thiazole rings is 1. The molecule has 43 heavy (non-hydrogen) atoms. The molecule has 4 aromatic rings. The Labute approximate surface area is 255 Å². The maximum Gasteiger partial charge on any atom is 0.338 e. The number of nitrogens with one attached hydrogen (secondary N) is 1. The van der Waals surface area contributed by atoms with Crippen LogP contribution in [0.3, 0.4) is 0 Å². The molecule has 1 aromatic heterocycles. The van der Waals surface area contributed by atoms with E-state index in [9.17, 15) is 24.0 Å². The average molecular weight is 614 g/mol. The number of carbonyl (C=O) groups is 4. The van der Waals surface area contributed by atoms with Crippen LogP contribution in [0.25, 0.3) is 0 Å². The SMILES string of the molecule is CCOC(=O)c1ccc(N2C(=O)C3Sc4c(sc(=O)n4CC(=O)Nc4cccc(C)c4)C(c4ccccc4)C3C2=O)cc1. The maximum atomic E-state index is 14.0. The van der Waals surface area contributed by atoms with Crippen molar-refractivity contribution in [2.75, 3.05) is 16.8 Å². The summed E-state index contributed by atoms with van der Waals surface area (Å²) in [5.74, 6) is -2.97. The topological polar surface area (TPSA) is 115 Å². The van der Waals surface area contributed by atoms with E-state index in [1.54, 1.807) is 25.1 Å². The van der Waals surface area contributed by atoms with Crippen LogP contribution in [-0.2, 0) is 25.7 Å². The van der Waals surface area contributed by atoms with Crippen LogP contribution >= 0.6 is 23.1 Å². The number of fused-ring (bicyclic) bond motifs is 2. The summed E-state index contributed by atoms with van der Waals surface area (Å²) in [4.78, 5) is 67.9. The zero-order valence-corrected chi connectivity index (χ0v) is 24.9. The molecule has 3 aromatic carbocycles. The largest absolute Gasteiger partial charge is 0.462 e. The molecule has 3 unspecified atom stereocenters. The Morgan fingerprint density at radius 3 is 2.37 bits per heavy atom. The number of hydrogen-bond acceptors (Lipinski definition) is 8. The normalized spacial score (nSPS) is 19.1. The Hall–Kier alpha value is -4.48. The number of amides is 3. The molecule has 1 saturated heterocycles. The summed E-state index contributed by atoms with van der Waals surface area (Å²) in [6, 6.07) is 22.9. The van der Waals surface area contributed by atoms with Gasteiger partial charge in [0.15, 0.2) is 0 Å². The van der Waals surface area contributed by atoms with Gasteiger partial charge in [0.2, 0.25) is 17.7 Å². The number of thioether (sulfide) groups is 1. The second kappa shape index (κ2) is 11.7. The van der Waals surface area contributed by atoms with Gasteiger partial charge in [-0.1, -0.05) is 65.6 Å². The zero-order chi connectivity index (χ0) is 30.2. The lowest BCUT2D eigenvalue weighted by atomic mass is 9.83. The molecule has 0 spiro atoms. The Morgan fingerprint density at radius 1 is 0.930 bits per heavy atom. The van der Waals surface area contributed by atoms with Gasteiger partial charge in [-0.15, -0.1) is 0 Å². The van der Waals surface area contributed by atoms with E-state index < -0.39 is 29.0 Å². The zero-order valence-electron chi connectivity index (χ0n) is 23.3. The van der Waals surface area contributed by atoms with E-state index in [1.807, 2.05) is 55.5 Å². The number of aromatic nitrogens is 1. The van der Waals surface area contributed by atoms with Gasteiger partial charge in [-0.2, -0.15) is 0 Å². The van der Waals surface area contributed by atoms with Gasteiger partial charge in [0.1, 0.15) is 11.8 Å². The third-order valence-electron chi connectivity index (χ3n) is 7.45. The number of anilines is 2. The second-order valence-electron chi connectivity index (χ2n) is 10.3. The Bertz CT molecular complexity index is 1800. The number of benzene rings is 3. The van der Waals surface area contributed by atoms with Gasteiger partial charge in [-0.25, -0.2) is 9.69 Å². The summed E-state index contributed by atoms with van der Waals surface area (Å²) in [5, 5.41) is 2.55. The lowest BCUT2D eigenvalue weighted by molar-refractivity contribution is -0.122. The van der Waals surface area contributed by atoms with Crippen LogP contribution in [0.2, 0.25) is 0 Å². The van der Waals surface area contributed by atoms with Crippen molar-refractivity contribution in [3.8, 4) is 0 Å². The van der Waals surface area contributed by atoms with E-state index in [1.165, 1.54) is 16.7 Å². The molecule has 3 heterocycles. The first-order valence-corrected chi connectivity index (χ1v) is 15.4. The summed E-state index contributed by atoms with van der Waals surface area (Å²) in [6.07, 6.45) is 0. The molecule has 1 N–H and O–H groups in total. The van der Waals surface area contributed by atoms with Gasteiger partial charge in [0, 0.05) is 16.5 Å². The lowest BCUT2D eigenvalue weighted by Gasteiger charge is -2.30. The summed E-state index contributed by atoms with van der Waals surface area (Å²) >= 11 is 2.16. The van der Waals surface area contributed by atoms with E-state index in [0.29, 0.717) is 26.8 Å². The maximum absolute atomic E-state index is 14.0. The fourth-order valence-corrected chi connectivity index (χ4v) is 8.33. The van der Waals surface area contributed by atoms with Crippen LogP contribution in [0.1, 0.15) is 39.2 Å². The smallest absolute Gasteiger partial charge is 0.338 e. The first-order valence-electron chi connectivity index (χ1n) is 13.7. The molecule has 11 heteroatoms. The van der Waals surface area contributed by atoms with Crippen molar-refractivity contribution in [2.24, 2.45) is 5.92 Å². The quantitative estimate of drug-likeness (QED) is 0.235. The summed E-state index contributed by atoms with van der Waals surface area (Å²) < 4.78 is 6.44. The highest BCUT2D eigenvalue weighted by Crippen LogP contribution is 2.53. The number of nitrogens with zero attached hydrogens (tertiary/aromatic N) is 2. The Morgan fingerprint density at radius 2 is 1.67 bits per heavy atom. The molecule has 0 saturated carbocycles. The fraction of sp³-hybridized carbons (Fsp3) is 0.219. The van der Waals surface area contributed by atoms with Crippen LogP contribution in [-0.4, -0.2) is 40.1 Å². The summed E-state index contributed by atoms with van der Waals surface area (Å²) in [6.45, 7) is 3.63. The molecular weight excluding hydrogens is 587 g/mol. The van der Waals surface area contributed by atoms with Crippen LogP contribution in [0.4, 0.5) is 11.4 Å². The minimum absolute atomic E-state index is 0.230. The number of carbonyl (C=O) groups excluding carboxylic acids is 4. The van der Waals surface area contributed by atoms with Crippen molar-refractivity contribution in [3.05, 3.63) is 110 Å². The monoisotopic (exact) mass is 613 g/mol. The highest BCUT2D eigenvalue weighted by Gasteiger charge is 2.56. The van der Waals surface area contributed by atoms with Gasteiger partial charge >= 0.3 is 10.8 Å². The van der Waals surface area contributed by atoms with E-state index in [4.69, 9.17) is 4.74 Å². The number of imide groups is 1. The van der Waals surface area contributed by atoms with E-state index in [0.717, 1.165) is 39.1 Å². The first kappa shape index (κ1) is 28.6. The van der Waals surface area contributed by atoms with Crippen molar-refractivity contribution in [1.29, 1.82) is 0 Å². The number of hydrogen-bond donors (Lipinski definition) is 1. The van der Waals surface area contributed by atoms with E-state index in [-0.39, 0.29) is 29.8 Å². The molecule has 6 rings (SSSR count). The molecule has 3 atom stereocenters. The van der Waals surface area contributed by atoms with Gasteiger partial charge in [-0.3, -0.25) is 23.7 Å². The fourth-order valence-electron chi connectivity index (χ4n) is 5.56. The number of aryl methyl sites for hydroxylation is 1. The summed E-state index contributed by atoms with van der Waals surface area (Å²) in [5.41, 5.74) is 3.08. The first-order chi connectivity index (χ1) is 20.8. The third kappa shape index (κ3) is 5.30. The minimum atomic E-state index is -0.810. The van der Waals surface area contributed by atoms with Crippen molar-refractivity contribution >= 4 is 58.2 Å². The molecule has 0 radical (unpaired) electrons. The van der Waals surface area contributed by atoms with Crippen molar-refractivity contribution in [3.63, 3.8) is 0 Å². The molecule has 3 amide bonds. The van der Waals surface area contributed by atoms with Crippen LogP contribution in [0.15, 0.2) is 88.7 Å². The molecule has 218 valence electrons. The minimum Gasteiger partial charge on any atom is -0.462 e. The van der Waals surface area contributed by atoms with Crippen molar-refractivity contribution in [1.82, 2.24) is 4.57 Å². The van der Waals surface area contributed by atoms with Crippen molar-refractivity contribution in [2.45, 2.75) is 36.6 Å². The van der Waals surface area contributed by atoms with Gasteiger partial charge in [-0.05, 0) is 61.4 Å². The number of rotatable bonds is 7. The Kier molecular flexibility index (Phi) is 7.76. The van der Waals surface area contributed by atoms with Crippen LogP contribution in [0.5, 0.6) is 0 Å². The predicted octanol–water partition coefficient (Wildman–Crippen LogP) is 4.83. The van der Waals surface area contributed by atoms with Crippen LogP contribution in [0, 0.1) is 12.8 Å². The molecule has 2 aliphatic rings. The number of ether oxygens (including phenoxy) is 1. The number of esters is 1. The molecule has 2 aliphatic heterocycles. The predicted molar refractivity (Wildman–Crippen MR) is 165 cm³/mol. The highest BCUT2D eigenvalue weighted by atomic mass is 32.2. The second-order valence-corrected chi connectivity index (χ2v) is 12.4. The average Bonchev–Trinajstić information content (AvgIpc) is 3.44. The van der Waals surface area contributed by atoms with E-state index in [2.05, 4.69) is 5.32 Å². The molecule has 0 bridgehead atoms. The molecule has 1 fully saturated rings. The van der Waals surface area contributed by atoms with Gasteiger partial charge < -0.3 is 10.1 Å². The highest BCUT2D eigenvalue weighted by molar-refractivity contribution is 8.00. The van der Waals surface area contributed by atoms with E-state index >= 15 is 0 Å². The summed E-state index contributed by atoms with van der Waals surface area (Å²) in [7, 11) is 0. The molecule has 0 aliphatic carbocycles.